The van der Waals surface area contributed by atoms with Gasteiger partial charge in [0.2, 0.25) is 0 Å². The number of anilines is 1. The smallest absolute Gasteiger partial charge is 0.283 e. The minimum atomic E-state index is -0.413. The molecular formula is C26H23FN2O4S. The van der Waals surface area contributed by atoms with Crippen molar-refractivity contribution in [3.05, 3.63) is 89.9 Å². The van der Waals surface area contributed by atoms with Gasteiger partial charge in [0.25, 0.3) is 5.91 Å². The van der Waals surface area contributed by atoms with Crippen molar-refractivity contribution in [3.63, 3.8) is 0 Å². The lowest BCUT2D eigenvalue weighted by Crippen LogP contribution is -2.30. The van der Waals surface area contributed by atoms with Crippen molar-refractivity contribution in [2.24, 2.45) is 4.99 Å². The van der Waals surface area contributed by atoms with Crippen molar-refractivity contribution in [2.45, 2.75) is 0 Å². The van der Waals surface area contributed by atoms with Crippen LogP contribution in [0, 0.1) is 5.82 Å². The number of aliphatic imine (C=N–C) groups is 1. The number of carbonyl (C=O) groups excluding carboxylic acids is 1. The van der Waals surface area contributed by atoms with Gasteiger partial charge in [-0.3, -0.25) is 9.69 Å². The number of hydrogen-bond donors (Lipinski definition) is 0. The van der Waals surface area contributed by atoms with Crippen LogP contribution in [0.5, 0.6) is 17.2 Å². The third kappa shape index (κ3) is 5.40. The summed E-state index contributed by atoms with van der Waals surface area (Å²) >= 11 is 1.36. The molecule has 0 saturated heterocycles. The van der Waals surface area contributed by atoms with E-state index in [1.807, 2.05) is 42.5 Å². The molecule has 0 fully saturated rings. The van der Waals surface area contributed by atoms with E-state index in [9.17, 15) is 9.18 Å². The van der Waals surface area contributed by atoms with Gasteiger partial charge in [0.1, 0.15) is 17.2 Å². The summed E-state index contributed by atoms with van der Waals surface area (Å²) in [5.41, 5.74) is 1.78. The van der Waals surface area contributed by atoms with Gasteiger partial charge >= 0.3 is 0 Å². The fourth-order valence-electron chi connectivity index (χ4n) is 3.27. The molecule has 8 heteroatoms. The van der Waals surface area contributed by atoms with Gasteiger partial charge in [-0.1, -0.05) is 42.1 Å². The van der Waals surface area contributed by atoms with E-state index in [2.05, 4.69) is 4.99 Å². The summed E-state index contributed by atoms with van der Waals surface area (Å²) in [7, 11) is 3.17. The molecule has 1 heterocycles. The van der Waals surface area contributed by atoms with Crippen LogP contribution in [0.4, 0.5) is 10.1 Å². The Bertz CT molecular complexity index is 1230. The van der Waals surface area contributed by atoms with Crippen molar-refractivity contribution in [1.29, 1.82) is 0 Å². The molecule has 4 rings (SSSR count). The second-order valence-electron chi connectivity index (χ2n) is 7.17. The first-order valence-corrected chi connectivity index (χ1v) is 11.5. The fraction of sp³-hybridized carbons (Fsp3) is 0.154. The summed E-state index contributed by atoms with van der Waals surface area (Å²) in [4.78, 5) is 19.5. The summed E-state index contributed by atoms with van der Waals surface area (Å²) in [6.07, 6.45) is 1.73. The number of rotatable bonds is 8. The van der Waals surface area contributed by atoms with E-state index in [1.165, 1.54) is 17.8 Å². The van der Waals surface area contributed by atoms with Crippen molar-refractivity contribution in [1.82, 2.24) is 0 Å². The standard InChI is InChI=1S/C26H23FN2O4S/c1-31-20-12-10-18(11-13-20)16-23-25(30)29(19-6-5-7-21(17-19)32-2)26(28-23)34-15-14-33-24-9-4-3-8-22(24)27/h3-13,16-17H,14-15H2,1-2H3/b23-16+. The summed E-state index contributed by atoms with van der Waals surface area (Å²) in [5, 5.41) is 0.509. The van der Waals surface area contributed by atoms with Gasteiger partial charge in [-0.15, -0.1) is 0 Å². The molecule has 1 aliphatic rings. The number of nitrogens with zero attached hydrogens (tertiary/aromatic N) is 2. The Morgan fingerprint density at radius 1 is 0.971 bits per heavy atom. The maximum Gasteiger partial charge on any atom is 0.283 e. The van der Waals surface area contributed by atoms with Crippen LogP contribution in [0.3, 0.4) is 0 Å². The second kappa shape index (κ2) is 10.9. The summed E-state index contributed by atoms with van der Waals surface area (Å²) in [6, 6.07) is 20.8. The number of amidine groups is 1. The zero-order valence-electron chi connectivity index (χ0n) is 18.7. The molecule has 6 nitrogen and oxygen atoms in total. The molecule has 0 bridgehead atoms. The molecule has 0 aromatic heterocycles. The predicted molar refractivity (Wildman–Crippen MR) is 133 cm³/mol. The molecule has 0 aliphatic carbocycles. The van der Waals surface area contributed by atoms with Gasteiger partial charge in [-0.05, 0) is 48.0 Å². The first kappa shape index (κ1) is 23.4. The van der Waals surface area contributed by atoms with E-state index >= 15 is 0 Å². The molecule has 0 atom stereocenters. The van der Waals surface area contributed by atoms with Gasteiger partial charge < -0.3 is 14.2 Å². The Morgan fingerprint density at radius 2 is 1.74 bits per heavy atom. The highest BCUT2D eigenvalue weighted by Gasteiger charge is 2.32. The lowest BCUT2D eigenvalue weighted by Gasteiger charge is -2.18. The van der Waals surface area contributed by atoms with E-state index in [0.717, 1.165) is 11.3 Å². The van der Waals surface area contributed by atoms with Crippen LogP contribution in [0.15, 0.2) is 83.5 Å². The SMILES string of the molecule is COc1ccc(/C=C2/N=C(SCCOc3ccccc3F)N(c3cccc(OC)c3)C2=O)cc1. The highest BCUT2D eigenvalue weighted by Crippen LogP contribution is 2.31. The van der Waals surface area contributed by atoms with Crippen molar-refractivity contribution in [2.75, 3.05) is 31.5 Å². The van der Waals surface area contributed by atoms with Crippen LogP contribution >= 0.6 is 11.8 Å². The quantitative estimate of drug-likeness (QED) is 0.321. The normalized spacial score (nSPS) is 14.3. The van der Waals surface area contributed by atoms with Crippen LogP contribution in [0.1, 0.15) is 5.56 Å². The number of benzene rings is 3. The summed E-state index contributed by atoms with van der Waals surface area (Å²) in [6.45, 7) is 0.252. The number of amides is 1. The van der Waals surface area contributed by atoms with Crippen LogP contribution in [0.2, 0.25) is 0 Å². The number of ether oxygens (including phenoxy) is 3. The molecule has 1 amide bonds. The van der Waals surface area contributed by atoms with Gasteiger partial charge in [-0.2, -0.15) is 0 Å². The Morgan fingerprint density at radius 3 is 2.47 bits per heavy atom. The van der Waals surface area contributed by atoms with E-state index in [4.69, 9.17) is 14.2 Å². The summed E-state index contributed by atoms with van der Waals surface area (Å²) < 4.78 is 29.9. The highest BCUT2D eigenvalue weighted by atomic mass is 32.2. The lowest BCUT2D eigenvalue weighted by atomic mass is 10.2. The van der Waals surface area contributed by atoms with E-state index in [1.54, 1.807) is 49.5 Å². The number of thioether (sulfide) groups is 1. The Hall–Kier alpha value is -3.78. The van der Waals surface area contributed by atoms with Gasteiger partial charge in [-0.25, -0.2) is 9.38 Å². The van der Waals surface area contributed by atoms with Crippen LogP contribution < -0.4 is 19.1 Å². The van der Waals surface area contributed by atoms with Crippen molar-refractivity contribution >= 4 is 34.6 Å². The third-order valence-corrected chi connectivity index (χ3v) is 5.87. The Kier molecular flexibility index (Phi) is 7.49. The van der Waals surface area contributed by atoms with Gasteiger partial charge in [0.05, 0.1) is 26.5 Å². The van der Waals surface area contributed by atoms with E-state index in [-0.39, 0.29) is 18.3 Å². The lowest BCUT2D eigenvalue weighted by molar-refractivity contribution is -0.113. The molecule has 0 unspecified atom stereocenters. The Labute approximate surface area is 201 Å². The van der Waals surface area contributed by atoms with Crippen LogP contribution in [-0.2, 0) is 4.79 Å². The molecule has 0 saturated carbocycles. The monoisotopic (exact) mass is 478 g/mol. The predicted octanol–water partition coefficient (Wildman–Crippen LogP) is 5.40. The summed E-state index contributed by atoms with van der Waals surface area (Å²) in [5.74, 6) is 1.36. The molecular weight excluding hydrogens is 455 g/mol. The fourth-order valence-corrected chi connectivity index (χ4v) is 4.10. The molecule has 174 valence electrons. The minimum Gasteiger partial charge on any atom is -0.497 e. The average molecular weight is 479 g/mol. The maximum absolute atomic E-state index is 13.8. The van der Waals surface area contributed by atoms with E-state index < -0.39 is 5.82 Å². The first-order chi connectivity index (χ1) is 16.6. The zero-order valence-corrected chi connectivity index (χ0v) is 19.5. The number of halogens is 1. The number of hydrogen-bond acceptors (Lipinski definition) is 6. The maximum atomic E-state index is 13.8. The third-order valence-electron chi connectivity index (χ3n) is 4.97. The average Bonchev–Trinajstić information content (AvgIpc) is 3.18. The van der Waals surface area contributed by atoms with E-state index in [0.29, 0.717) is 28.1 Å². The molecule has 34 heavy (non-hydrogen) atoms. The first-order valence-electron chi connectivity index (χ1n) is 10.5. The molecule has 0 N–H and O–H groups in total. The second-order valence-corrected chi connectivity index (χ2v) is 8.23. The van der Waals surface area contributed by atoms with Crippen molar-refractivity contribution < 1.29 is 23.4 Å². The minimum absolute atomic E-state index is 0.192. The van der Waals surface area contributed by atoms with Crippen LogP contribution in [-0.4, -0.2) is 37.7 Å². The van der Waals surface area contributed by atoms with Crippen molar-refractivity contribution in [3.8, 4) is 17.2 Å². The number of para-hydroxylation sites is 1. The molecule has 3 aromatic rings. The molecule has 3 aromatic carbocycles. The largest absolute Gasteiger partial charge is 0.497 e. The number of methoxy groups -OCH3 is 2. The Balaban J connectivity index is 1.55. The topological polar surface area (TPSA) is 60.4 Å². The number of carbonyl (C=O) groups is 1. The highest BCUT2D eigenvalue weighted by molar-refractivity contribution is 8.14. The molecule has 0 spiro atoms. The van der Waals surface area contributed by atoms with Gasteiger partial charge in [0, 0.05) is 11.8 Å². The van der Waals surface area contributed by atoms with Crippen LogP contribution in [0.25, 0.3) is 6.08 Å². The molecule has 0 radical (unpaired) electrons. The molecule has 1 aliphatic heterocycles. The van der Waals surface area contributed by atoms with Gasteiger partial charge in [0.15, 0.2) is 16.7 Å². The zero-order chi connectivity index (χ0) is 23.9.